The monoisotopic (exact) mass is 473 g/mol. The molecule has 1 fully saturated rings. The van der Waals surface area contributed by atoms with Crippen molar-refractivity contribution >= 4 is 17.6 Å². The van der Waals surface area contributed by atoms with Gasteiger partial charge in [-0.05, 0) is 31.2 Å². The molecule has 0 saturated carbocycles. The minimum atomic E-state index is -4.51. The molecule has 34 heavy (non-hydrogen) atoms. The van der Waals surface area contributed by atoms with E-state index in [4.69, 9.17) is 5.26 Å². The molecule has 2 aromatic rings. The Hall–Kier alpha value is -3.61. The number of nitriles is 1. The van der Waals surface area contributed by atoms with E-state index < -0.39 is 23.2 Å². The number of halogens is 3. The van der Waals surface area contributed by atoms with Gasteiger partial charge in [-0.3, -0.25) is 4.79 Å². The summed E-state index contributed by atoms with van der Waals surface area (Å²) in [4.78, 5) is 32.8. The predicted octanol–water partition coefficient (Wildman–Crippen LogP) is 4.10. The van der Waals surface area contributed by atoms with Crippen LogP contribution in [0.15, 0.2) is 42.6 Å². The molecule has 1 aliphatic heterocycles. The smallest absolute Gasteiger partial charge is 0.353 e. The van der Waals surface area contributed by atoms with Crippen LogP contribution in [0.3, 0.4) is 0 Å². The van der Waals surface area contributed by atoms with Gasteiger partial charge in [0.05, 0.1) is 17.2 Å². The number of aromatic nitrogens is 1. The van der Waals surface area contributed by atoms with Crippen molar-refractivity contribution in [2.75, 3.05) is 31.1 Å². The van der Waals surface area contributed by atoms with E-state index in [0.29, 0.717) is 11.1 Å². The third-order valence-electron chi connectivity index (χ3n) is 6.24. The van der Waals surface area contributed by atoms with Gasteiger partial charge in [-0.2, -0.15) is 18.4 Å². The van der Waals surface area contributed by atoms with Crippen LogP contribution < -0.4 is 10.2 Å². The number of ketones is 1. The summed E-state index contributed by atoms with van der Waals surface area (Å²) in [5.74, 6) is -0.318. The van der Waals surface area contributed by atoms with Crippen LogP contribution in [-0.2, 0) is 6.18 Å². The largest absolute Gasteiger partial charge is 0.419 e. The zero-order chi connectivity index (χ0) is 25.1. The number of rotatable bonds is 5. The molecular weight excluding hydrogens is 447 g/mol. The molecule has 0 bridgehead atoms. The second-order valence-corrected chi connectivity index (χ2v) is 8.76. The quantitative estimate of drug-likeness (QED) is 0.661. The summed E-state index contributed by atoms with van der Waals surface area (Å²) in [7, 11) is 0. The Kier molecular flexibility index (Phi) is 7.15. The first-order chi connectivity index (χ1) is 15.9. The van der Waals surface area contributed by atoms with E-state index in [1.54, 1.807) is 45.0 Å². The minimum absolute atomic E-state index is 0.141. The molecule has 7 nitrogen and oxygen atoms in total. The normalized spacial score (nSPS) is 15.4. The second-order valence-electron chi connectivity index (χ2n) is 8.76. The molecule has 3 rings (SSSR count). The van der Waals surface area contributed by atoms with Gasteiger partial charge in [0, 0.05) is 49.4 Å². The number of Topliss-reactive ketones (excluding diaryl/α,β-unsaturated/α-hetero) is 1. The number of piperazine rings is 1. The zero-order valence-electron chi connectivity index (χ0n) is 19.2. The minimum Gasteiger partial charge on any atom is -0.353 e. The van der Waals surface area contributed by atoms with Crippen molar-refractivity contribution in [2.24, 2.45) is 5.41 Å². The van der Waals surface area contributed by atoms with Crippen LogP contribution in [0.25, 0.3) is 0 Å². The summed E-state index contributed by atoms with van der Waals surface area (Å²) in [5.41, 5.74) is -0.844. The van der Waals surface area contributed by atoms with Crippen LogP contribution in [0, 0.1) is 16.7 Å². The second kappa shape index (κ2) is 9.71. The van der Waals surface area contributed by atoms with Gasteiger partial charge in [-0.1, -0.05) is 26.0 Å². The molecular formula is C24H26F3N5O2. The van der Waals surface area contributed by atoms with Gasteiger partial charge >= 0.3 is 12.2 Å². The number of benzene rings is 1. The van der Waals surface area contributed by atoms with Gasteiger partial charge in [0.1, 0.15) is 5.82 Å². The van der Waals surface area contributed by atoms with E-state index in [9.17, 15) is 22.8 Å². The van der Waals surface area contributed by atoms with Gasteiger partial charge < -0.3 is 15.1 Å². The van der Waals surface area contributed by atoms with E-state index in [0.717, 1.165) is 6.07 Å². The number of nitrogens with one attached hydrogen (secondary N) is 1. The maximum atomic E-state index is 13.3. The van der Waals surface area contributed by atoms with E-state index >= 15 is 0 Å². The summed E-state index contributed by atoms with van der Waals surface area (Å²) in [6, 6.07) is 9.65. The van der Waals surface area contributed by atoms with Crippen molar-refractivity contribution in [3.8, 4) is 6.07 Å². The molecule has 1 aromatic heterocycles. The first-order valence-electron chi connectivity index (χ1n) is 10.8. The Morgan fingerprint density at radius 2 is 1.71 bits per heavy atom. The van der Waals surface area contributed by atoms with Crippen LogP contribution in [0.4, 0.5) is 23.8 Å². The third kappa shape index (κ3) is 5.30. The van der Waals surface area contributed by atoms with Gasteiger partial charge in [0.2, 0.25) is 0 Å². The molecule has 1 saturated heterocycles. The molecule has 0 aliphatic carbocycles. The number of nitrogens with zero attached hydrogens (tertiary/aromatic N) is 4. The first-order valence-corrected chi connectivity index (χ1v) is 10.8. The number of urea groups is 1. The van der Waals surface area contributed by atoms with Crippen LogP contribution in [0.1, 0.15) is 42.3 Å². The average molecular weight is 473 g/mol. The fourth-order valence-corrected chi connectivity index (χ4v) is 3.71. The van der Waals surface area contributed by atoms with Crippen LogP contribution in [0.5, 0.6) is 0 Å². The molecule has 1 aliphatic rings. The van der Waals surface area contributed by atoms with Crippen LogP contribution >= 0.6 is 0 Å². The molecule has 1 atom stereocenters. The van der Waals surface area contributed by atoms with Gasteiger partial charge in [0.25, 0.3) is 0 Å². The lowest BCUT2D eigenvalue weighted by atomic mass is 9.78. The van der Waals surface area contributed by atoms with Crippen LogP contribution in [0.2, 0.25) is 0 Å². The number of hydrogen-bond acceptors (Lipinski definition) is 5. The van der Waals surface area contributed by atoms with Crippen molar-refractivity contribution in [2.45, 2.75) is 33.0 Å². The summed E-state index contributed by atoms with van der Waals surface area (Å²) in [6.07, 6.45) is -3.20. The summed E-state index contributed by atoms with van der Waals surface area (Å²) in [6.45, 7) is 6.04. The molecule has 0 radical (unpaired) electrons. The summed E-state index contributed by atoms with van der Waals surface area (Å²) < 4.78 is 39.9. The highest BCUT2D eigenvalue weighted by atomic mass is 19.4. The number of hydrogen-bond donors (Lipinski definition) is 1. The number of anilines is 1. The van der Waals surface area contributed by atoms with Crippen molar-refractivity contribution in [1.82, 2.24) is 15.2 Å². The maximum Gasteiger partial charge on any atom is 0.419 e. The Balaban J connectivity index is 1.61. The van der Waals surface area contributed by atoms with E-state index in [1.807, 2.05) is 6.07 Å². The summed E-state index contributed by atoms with van der Waals surface area (Å²) >= 11 is 0. The predicted molar refractivity (Wildman–Crippen MR) is 120 cm³/mol. The Labute approximate surface area is 196 Å². The Bertz CT molecular complexity index is 1090. The Morgan fingerprint density at radius 1 is 1.09 bits per heavy atom. The van der Waals surface area contributed by atoms with Gasteiger partial charge in [-0.15, -0.1) is 0 Å². The molecule has 1 unspecified atom stereocenters. The molecule has 180 valence electrons. The van der Waals surface area contributed by atoms with Crippen molar-refractivity contribution in [3.63, 3.8) is 0 Å². The molecule has 1 aromatic carbocycles. The third-order valence-corrected chi connectivity index (χ3v) is 6.24. The van der Waals surface area contributed by atoms with Gasteiger partial charge in [-0.25, -0.2) is 9.78 Å². The zero-order valence-corrected chi connectivity index (χ0v) is 19.2. The average Bonchev–Trinajstić information content (AvgIpc) is 2.83. The molecule has 2 heterocycles. The molecule has 1 N–H and O–H groups in total. The number of alkyl halides is 3. The molecule has 0 spiro atoms. The van der Waals surface area contributed by atoms with E-state index in [-0.39, 0.29) is 43.8 Å². The molecule has 2 amide bonds. The lowest BCUT2D eigenvalue weighted by Gasteiger charge is -2.38. The van der Waals surface area contributed by atoms with Crippen LogP contribution in [-0.4, -0.2) is 53.9 Å². The fourth-order valence-electron chi connectivity index (χ4n) is 3.71. The molecule has 10 heteroatoms. The number of carbonyl (C=O) groups is 2. The maximum absolute atomic E-state index is 13.3. The lowest BCUT2D eigenvalue weighted by Crippen LogP contribution is -2.56. The highest BCUT2D eigenvalue weighted by molar-refractivity contribution is 6.00. The van der Waals surface area contributed by atoms with Crippen molar-refractivity contribution in [3.05, 3.63) is 59.3 Å². The first kappa shape index (κ1) is 25.0. The Morgan fingerprint density at radius 3 is 2.26 bits per heavy atom. The highest BCUT2D eigenvalue weighted by Gasteiger charge is 2.38. The van der Waals surface area contributed by atoms with Gasteiger partial charge in [0.15, 0.2) is 5.78 Å². The SMILES string of the molecule is CC(NC(=O)N1CCN(c2ncccc2C(F)(F)F)CC1)C(C)(C)C(=O)c1ccc(C#N)cc1. The summed E-state index contributed by atoms with van der Waals surface area (Å²) in [5, 5.41) is 11.8. The van der Waals surface area contributed by atoms with Crippen molar-refractivity contribution < 1.29 is 22.8 Å². The van der Waals surface area contributed by atoms with E-state index in [2.05, 4.69) is 10.3 Å². The number of carbonyl (C=O) groups excluding carboxylic acids is 2. The fraction of sp³-hybridized carbons (Fsp3) is 0.417. The van der Waals surface area contributed by atoms with E-state index in [1.165, 1.54) is 22.1 Å². The number of amides is 2. The standard InChI is InChI=1S/C24H26F3N5O2/c1-16(23(2,3)20(33)18-8-6-17(15-28)7-9-18)30-22(34)32-13-11-31(12-14-32)21-19(24(25,26)27)5-4-10-29-21/h4-10,16H,11-14H2,1-3H3,(H,30,34). The number of pyridine rings is 1. The van der Waals surface area contributed by atoms with Crippen molar-refractivity contribution in [1.29, 1.82) is 5.26 Å². The topological polar surface area (TPSA) is 89.3 Å². The lowest BCUT2D eigenvalue weighted by molar-refractivity contribution is -0.137. The highest BCUT2D eigenvalue weighted by Crippen LogP contribution is 2.35.